The van der Waals surface area contributed by atoms with Gasteiger partial charge in [-0.25, -0.2) is 4.79 Å². The van der Waals surface area contributed by atoms with E-state index < -0.39 is 0 Å². The van der Waals surface area contributed by atoms with Gasteiger partial charge in [0.2, 0.25) is 0 Å². The molecule has 2 bridgehead atoms. The van der Waals surface area contributed by atoms with Gasteiger partial charge in [-0.2, -0.15) is 0 Å². The van der Waals surface area contributed by atoms with E-state index in [1.807, 2.05) is 18.2 Å². The van der Waals surface area contributed by atoms with Gasteiger partial charge >= 0.3 is 5.97 Å². The number of pyridine rings is 1. The van der Waals surface area contributed by atoms with Gasteiger partial charge in [0.25, 0.3) is 0 Å². The number of hydrogen-bond acceptors (Lipinski definition) is 4. The molecule has 0 fully saturated rings. The quantitative estimate of drug-likeness (QED) is 0.631. The molecular weight excluding hydrogens is 218 g/mol. The third-order valence-electron chi connectivity index (χ3n) is 2.71. The van der Waals surface area contributed by atoms with Gasteiger partial charge in [0, 0.05) is 18.0 Å². The van der Waals surface area contributed by atoms with Crippen LogP contribution in [0.5, 0.6) is 0 Å². The van der Waals surface area contributed by atoms with Crippen molar-refractivity contribution in [3.05, 3.63) is 42.2 Å². The van der Waals surface area contributed by atoms with Crippen molar-refractivity contribution in [2.75, 3.05) is 7.11 Å². The summed E-state index contributed by atoms with van der Waals surface area (Å²) in [7, 11) is 1.36. The van der Waals surface area contributed by atoms with Crippen molar-refractivity contribution in [1.82, 2.24) is 4.98 Å². The van der Waals surface area contributed by atoms with E-state index in [9.17, 15) is 4.79 Å². The lowest BCUT2D eigenvalue weighted by molar-refractivity contribution is 0.0603. The van der Waals surface area contributed by atoms with Crippen LogP contribution in [0.3, 0.4) is 0 Å². The Morgan fingerprint density at radius 2 is 1.88 bits per heavy atom. The number of hydrogen-bond donors (Lipinski definition) is 0. The van der Waals surface area contributed by atoms with E-state index in [1.165, 1.54) is 7.11 Å². The minimum atomic E-state index is -0.383. The Bertz CT molecular complexity index is 657. The molecule has 84 valence electrons. The molecule has 0 aliphatic heterocycles. The number of nitrogens with zero attached hydrogens (tertiary/aromatic N) is 1. The van der Waals surface area contributed by atoms with Gasteiger partial charge in [0.15, 0.2) is 0 Å². The maximum Gasteiger partial charge on any atom is 0.342 e. The molecule has 3 rings (SSSR count). The molecule has 0 amide bonds. The molecule has 0 aromatic carbocycles. The van der Waals surface area contributed by atoms with Gasteiger partial charge in [-0.15, -0.1) is 0 Å². The summed E-state index contributed by atoms with van der Waals surface area (Å²) in [6.45, 7) is 0. The van der Waals surface area contributed by atoms with Crippen LogP contribution in [0.4, 0.5) is 0 Å². The van der Waals surface area contributed by atoms with Crippen molar-refractivity contribution in [1.29, 1.82) is 0 Å². The highest BCUT2D eigenvalue weighted by Crippen LogP contribution is 2.36. The highest BCUT2D eigenvalue weighted by Gasteiger charge is 2.24. The molecule has 4 nitrogen and oxygen atoms in total. The van der Waals surface area contributed by atoms with Gasteiger partial charge in [0.1, 0.15) is 16.7 Å². The molecule has 3 heterocycles. The fourth-order valence-corrected chi connectivity index (χ4v) is 1.96. The van der Waals surface area contributed by atoms with Gasteiger partial charge in [-0.3, -0.25) is 4.98 Å². The number of esters is 1. The molecule has 0 N–H and O–H groups in total. The average Bonchev–Trinajstić information content (AvgIpc) is 2.99. The third-order valence-corrected chi connectivity index (χ3v) is 2.71. The first kappa shape index (κ1) is 9.84. The Labute approximate surface area is 97.2 Å². The highest BCUT2D eigenvalue weighted by atomic mass is 16.5. The first-order valence-electron chi connectivity index (χ1n) is 5.15. The first-order chi connectivity index (χ1) is 8.31. The molecule has 0 atom stereocenters. The first-order valence-corrected chi connectivity index (χ1v) is 5.15. The zero-order valence-corrected chi connectivity index (χ0v) is 9.14. The lowest BCUT2D eigenvalue weighted by Crippen LogP contribution is -2.02. The summed E-state index contributed by atoms with van der Waals surface area (Å²) >= 11 is 0. The molecule has 0 aliphatic carbocycles. The number of fused-ring (bicyclic) bond motifs is 2. The molecular formula is C13H9NO3. The van der Waals surface area contributed by atoms with Crippen molar-refractivity contribution in [2.45, 2.75) is 0 Å². The van der Waals surface area contributed by atoms with Gasteiger partial charge in [-0.1, -0.05) is 0 Å². The smallest absolute Gasteiger partial charge is 0.342 e. The fraction of sp³-hybridized carbons (Fsp3) is 0.0769. The topological polar surface area (TPSA) is 52.3 Å². The standard InChI is InChI=1S/C13H9NO3/c1-16-13(15)12-10-3-2-9(17-10)11(12)8-4-6-14-7-5-8/h2-7H,1H3. The van der Waals surface area contributed by atoms with Crippen LogP contribution in [0.2, 0.25) is 0 Å². The number of furan rings is 2. The van der Waals surface area contributed by atoms with Crippen LogP contribution in [0.15, 0.2) is 41.1 Å². The lowest BCUT2D eigenvalue weighted by Gasteiger charge is -2.03. The van der Waals surface area contributed by atoms with Crippen molar-refractivity contribution < 1.29 is 13.9 Å². The largest absolute Gasteiger partial charge is 0.465 e. The highest BCUT2D eigenvalue weighted by molar-refractivity contribution is 6.09. The Balaban J connectivity index is 2.27. The second kappa shape index (κ2) is 3.59. The second-order valence-corrected chi connectivity index (χ2v) is 3.64. The van der Waals surface area contributed by atoms with Crippen LogP contribution in [0.1, 0.15) is 10.4 Å². The normalized spacial score (nSPS) is 10.9. The molecule has 4 heteroatoms. The monoisotopic (exact) mass is 227 g/mol. The number of carbonyl (C=O) groups excluding carboxylic acids is 1. The Morgan fingerprint density at radius 1 is 1.18 bits per heavy atom. The molecule has 0 saturated heterocycles. The van der Waals surface area contributed by atoms with Crippen molar-refractivity contribution in [2.24, 2.45) is 0 Å². The van der Waals surface area contributed by atoms with E-state index >= 15 is 0 Å². The van der Waals surface area contributed by atoms with Gasteiger partial charge in [-0.05, 0) is 29.8 Å². The zero-order chi connectivity index (χ0) is 11.8. The summed E-state index contributed by atoms with van der Waals surface area (Å²) < 4.78 is 10.3. The van der Waals surface area contributed by atoms with Gasteiger partial charge in [0.05, 0.1) is 7.11 Å². The maximum atomic E-state index is 11.7. The van der Waals surface area contributed by atoms with Crippen molar-refractivity contribution >= 4 is 17.1 Å². The maximum absolute atomic E-state index is 11.7. The minimum absolute atomic E-state index is 0.383. The second-order valence-electron chi connectivity index (χ2n) is 3.64. The zero-order valence-electron chi connectivity index (χ0n) is 9.14. The molecule has 0 unspecified atom stereocenters. The number of aromatic nitrogens is 1. The molecule has 0 aliphatic rings. The molecule has 0 spiro atoms. The van der Waals surface area contributed by atoms with E-state index in [0.29, 0.717) is 16.7 Å². The van der Waals surface area contributed by atoms with Crippen LogP contribution < -0.4 is 0 Å². The van der Waals surface area contributed by atoms with E-state index in [1.54, 1.807) is 18.5 Å². The number of carbonyl (C=O) groups is 1. The van der Waals surface area contributed by atoms with Crippen LogP contribution in [-0.2, 0) is 4.74 Å². The predicted octanol–water partition coefficient (Wildman–Crippen LogP) is 2.72. The predicted molar refractivity (Wildman–Crippen MR) is 62.0 cm³/mol. The third kappa shape index (κ3) is 1.38. The van der Waals surface area contributed by atoms with Crippen LogP contribution in [0, 0.1) is 0 Å². The van der Waals surface area contributed by atoms with E-state index in [2.05, 4.69) is 4.98 Å². The number of methoxy groups -OCH3 is 1. The molecule has 3 aromatic rings. The SMILES string of the molecule is COC(=O)c1c(-c2ccncc2)c2ccc1o2. The summed E-state index contributed by atoms with van der Waals surface area (Å²) in [6.07, 6.45) is 3.36. The molecule has 0 radical (unpaired) electrons. The number of benzene rings is 1. The fourth-order valence-electron chi connectivity index (χ4n) is 1.96. The number of ether oxygens (including phenoxy) is 1. The lowest BCUT2D eigenvalue weighted by atomic mass is 10.0. The number of rotatable bonds is 2. The Morgan fingerprint density at radius 3 is 2.59 bits per heavy atom. The Hall–Kier alpha value is -2.36. The summed E-state index contributed by atoms with van der Waals surface area (Å²) in [5.74, 6) is -0.383. The summed E-state index contributed by atoms with van der Waals surface area (Å²) in [5.41, 5.74) is 3.40. The molecule has 0 saturated carbocycles. The summed E-state index contributed by atoms with van der Waals surface area (Å²) in [4.78, 5) is 15.7. The summed E-state index contributed by atoms with van der Waals surface area (Å²) in [5, 5.41) is 0. The minimum Gasteiger partial charge on any atom is -0.465 e. The van der Waals surface area contributed by atoms with Crippen LogP contribution >= 0.6 is 0 Å². The van der Waals surface area contributed by atoms with Crippen molar-refractivity contribution in [3.8, 4) is 11.1 Å². The van der Waals surface area contributed by atoms with E-state index in [4.69, 9.17) is 9.15 Å². The average molecular weight is 227 g/mol. The molecule has 3 aromatic heterocycles. The van der Waals surface area contributed by atoms with E-state index in [0.717, 1.165) is 11.1 Å². The molecule has 17 heavy (non-hydrogen) atoms. The summed E-state index contributed by atoms with van der Waals surface area (Å²) in [6, 6.07) is 7.29. The van der Waals surface area contributed by atoms with Gasteiger partial charge < -0.3 is 9.15 Å². The van der Waals surface area contributed by atoms with E-state index in [-0.39, 0.29) is 5.97 Å². The van der Waals surface area contributed by atoms with Crippen molar-refractivity contribution in [3.63, 3.8) is 0 Å². The van der Waals surface area contributed by atoms with Crippen LogP contribution in [0.25, 0.3) is 22.3 Å². The Kier molecular flexibility index (Phi) is 2.08. The van der Waals surface area contributed by atoms with Crippen LogP contribution in [-0.4, -0.2) is 18.1 Å².